The summed E-state index contributed by atoms with van der Waals surface area (Å²) in [7, 11) is 0. The van der Waals surface area contributed by atoms with Crippen molar-refractivity contribution in [2.45, 2.75) is 32.3 Å². The molecule has 0 amide bonds. The molecule has 0 aromatic heterocycles. The average Bonchev–Trinajstić information content (AvgIpc) is 1.88. The number of hydrogen-bond acceptors (Lipinski definition) is 2. The predicted molar refractivity (Wildman–Crippen MR) is 37.2 cm³/mol. The minimum Gasteiger partial charge on any atom is -0.449 e. The Morgan fingerprint density at radius 2 is 2.50 bits per heavy atom. The number of carbonyl (C=O) groups excluding carboxylic acids is 1. The van der Waals surface area contributed by atoms with Crippen LogP contribution in [0.1, 0.15) is 26.2 Å². The van der Waals surface area contributed by atoms with Crippen LogP contribution in [0.15, 0.2) is 0 Å². The van der Waals surface area contributed by atoms with Crippen LogP contribution >= 0.6 is 0 Å². The fourth-order valence-corrected chi connectivity index (χ4v) is 0.923. The molecule has 0 aromatic rings. The summed E-state index contributed by atoms with van der Waals surface area (Å²) in [4.78, 5) is 10.4. The molecule has 0 aromatic carbocycles. The monoisotopic (exact) mass is 138 g/mol. The van der Waals surface area contributed by atoms with Crippen LogP contribution in [0.3, 0.4) is 0 Å². The predicted octanol–water partition coefficient (Wildman–Crippen LogP) is 1.11. The summed E-state index contributed by atoms with van der Waals surface area (Å²) >= 11 is 0. The van der Waals surface area contributed by atoms with Gasteiger partial charge >= 0.3 is 5.97 Å². The molecule has 10 heavy (non-hydrogen) atoms. The second-order valence-electron chi connectivity index (χ2n) is 2.31. The van der Waals surface area contributed by atoms with Crippen molar-refractivity contribution in [3.8, 4) is 11.8 Å². The summed E-state index contributed by atoms with van der Waals surface area (Å²) < 4.78 is 4.88. The zero-order valence-electron chi connectivity index (χ0n) is 6.02. The highest BCUT2D eigenvalue weighted by molar-refractivity contribution is 5.66. The number of ether oxygens (including phenoxy) is 1. The first-order chi connectivity index (χ1) is 4.79. The van der Waals surface area contributed by atoms with Crippen LogP contribution in [-0.4, -0.2) is 12.1 Å². The lowest BCUT2D eigenvalue weighted by atomic mass is 10.1. The van der Waals surface area contributed by atoms with Crippen molar-refractivity contribution in [1.29, 1.82) is 0 Å². The minimum absolute atomic E-state index is 0.133. The summed E-state index contributed by atoms with van der Waals surface area (Å²) in [5.74, 6) is 5.54. The summed E-state index contributed by atoms with van der Waals surface area (Å²) in [6.45, 7) is 1.41. The molecule has 0 bridgehead atoms. The first kappa shape index (κ1) is 7.14. The molecule has 1 aliphatic rings. The Balaban J connectivity index is 2.38. The first-order valence-corrected chi connectivity index (χ1v) is 3.44. The Labute approximate surface area is 60.6 Å². The molecular formula is C8H10O2. The highest BCUT2D eigenvalue weighted by atomic mass is 16.5. The van der Waals surface area contributed by atoms with E-state index in [1.54, 1.807) is 0 Å². The van der Waals surface area contributed by atoms with Crippen LogP contribution in [0.2, 0.25) is 0 Å². The minimum atomic E-state index is -0.235. The van der Waals surface area contributed by atoms with Gasteiger partial charge in [-0.15, -0.1) is 0 Å². The molecule has 0 aliphatic heterocycles. The second-order valence-corrected chi connectivity index (χ2v) is 2.31. The Bertz CT molecular complexity index is 185. The standard InChI is InChI=1S/C8H10O2/c1-7(9)10-8-5-3-2-4-6-8/h8H,2-3,5H2,1H3. The zero-order chi connectivity index (χ0) is 7.40. The first-order valence-electron chi connectivity index (χ1n) is 3.44. The molecule has 2 heteroatoms. The fourth-order valence-electron chi connectivity index (χ4n) is 0.923. The molecule has 1 unspecified atom stereocenters. The van der Waals surface area contributed by atoms with Gasteiger partial charge in [0.2, 0.25) is 0 Å². The molecule has 0 saturated heterocycles. The third kappa shape index (κ3) is 2.10. The Hall–Kier alpha value is -0.970. The summed E-state index contributed by atoms with van der Waals surface area (Å²) in [5, 5.41) is 0. The van der Waals surface area contributed by atoms with Crippen LogP contribution in [0.5, 0.6) is 0 Å². The Morgan fingerprint density at radius 1 is 1.70 bits per heavy atom. The molecule has 0 radical (unpaired) electrons. The molecule has 1 atom stereocenters. The van der Waals surface area contributed by atoms with E-state index in [0.717, 1.165) is 19.3 Å². The molecule has 0 N–H and O–H groups in total. The molecule has 0 heterocycles. The SMILES string of the molecule is CC(=O)OC1C#CCCC1. The van der Waals surface area contributed by atoms with Gasteiger partial charge in [-0.1, -0.05) is 11.8 Å². The van der Waals surface area contributed by atoms with Crippen molar-refractivity contribution >= 4 is 5.97 Å². The van der Waals surface area contributed by atoms with Crippen molar-refractivity contribution in [1.82, 2.24) is 0 Å². The van der Waals surface area contributed by atoms with Gasteiger partial charge in [-0.25, -0.2) is 0 Å². The highest BCUT2D eigenvalue weighted by Gasteiger charge is 2.09. The smallest absolute Gasteiger partial charge is 0.303 e. The maximum Gasteiger partial charge on any atom is 0.303 e. The lowest BCUT2D eigenvalue weighted by Crippen LogP contribution is -2.15. The van der Waals surface area contributed by atoms with E-state index in [9.17, 15) is 4.79 Å². The second kappa shape index (κ2) is 3.26. The van der Waals surface area contributed by atoms with Gasteiger partial charge in [-0.05, 0) is 12.8 Å². The van der Waals surface area contributed by atoms with Gasteiger partial charge in [-0.3, -0.25) is 4.79 Å². The van der Waals surface area contributed by atoms with Crippen LogP contribution in [0.4, 0.5) is 0 Å². The Morgan fingerprint density at radius 3 is 3.00 bits per heavy atom. The number of hydrogen-bond donors (Lipinski definition) is 0. The van der Waals surface area contributed by atoms with E-state index >= 15 is 0 Å². The van der Waals surface area contributed by atoms with E-state index in [1.165, 1.54) is 6.92 Å². The molecular weight excluding hydrogens is 128 g/mol. The van der Waals surface area contributed by atoms with Crippen molar-refractivity contribution < 1.29 is 9.53 Å². The van der Waals surface area contributed by atoms with Crippen LogP contribution in [0.25, 0.3) is 0 Å². The lowest BCUT2D eigenvalue weighted by Gasteiger charge is -2.12. The van der Waals surface area contributed by atoms with Gasteiger partial charge in [0.05, 0.1) is 0 Å². The summed E-state index contributed by atoms with van der Waals surface area (Å²) in [5.41, 5.74) is 0. The van der Waals surface area contributed by atoms with Crippen molar-refractivity contribution in [2.24, 2.45) is 0 Å². The van der Waals surface area contributed by atoms with E-state index in [1.807, 2.05) is 0 Å². The van der Waals surface area contributed by atoms with E-state index in [-0.39, 0.29) is 12.1 Å². The van der Waals surface area contributed by atoms with Crippen LogP contribution < -0.4 is 0 Å². The molecule has 54 valence electrons. The van der Waals surface area contributed by atoms with E-state index in [0.29, 0.717) is 0 Å². The maximum atomic E-state index is 10.4. The quantitative estimate of drug-likeness (QED) is 0.400. The van der Waals surface area contributed by atoms with Crippen LogP contribution in [-0.2, 0) is 9.53 Å². The fraction of sp³-hybridized carbons (Fsp3) is 0.625. The third-order valence-corrected chi connectivity index (χ3v) is 1.34. The van der Waals surface area contributed by atoms with Crippen LogP contribution in [0, 0.1) is 11.8 Å². The largest absolute Gasteiger partial charge is 0.449 e. The molecule has 0 spiro atoms. The third-order valence-electron chi connectivity index (χ3n) is 1.34. The van der Waals surface area contributed by atoms with E-state index in [2.05, 4.69) is 11.8 Å². The normalized spacial score (nSPS) is 22.7. The molecule has 2 nitrogen and oxygen atoms in total. The maximum absolute atomic E-state index is 10.4. The van der Waals surface area contributed by atoms with E-state index in [4.69, 9.17) is 4.74 Å². The van der Waals surface area contributed by atoms with Gasteiger partial charge in [-0.2, -0.15) is 0 Å². The van der Waals surface area contributed by atoms with E-state index < -0.39 is 0 Å². The lowest BCUT2D eigenvalue weighted by molar-refractivity contribution is -0.144. The molecule has 1 aliphatic carbocycles. The van der Waals surface area contributed by atoms with Gasteiger partial charge in [0.1, 0.15) is 0 Å². The highest BCUT2D eigenvalue weighted by Crippen LogP contribution is 2.08. The van der Waals surface area contributed by atoms with Gasteiger partial charge in [0, 0.05) is 13.3 Å². The van der Waals surface area contributed by atoms with Gasteiger partial charge < -0.3 is 4.74 Å². The number of carbonyl (C=O) groups is 1. The van der Waals surface area contributed by atoms with Crippen molar-refractivity contribution in [3.63, 3.8) is 0 Å². The Kier molecular flexibility index (Phi) is 2.33. The molecule has 0 saturated carbocycles. The molecule has 1 rings (SSSR count). The number of rotatable bonds is 1. The zero-order valence-corrected chi connectivity index (χ0v) is 6.02. The van der Waals surface area contributed by atoms with Crippen molar-refractivity contribution in [3.05, 3.63) is 0 Å². The summed E-state index contributed by atoms with van der Waals surface area (Å²) in [6, 6.07) is 0. The molecule has 0 fully saturated rings. The van der Waals surface area contributed by atoms with Gasteiger partial charge in [0.15, 0.2) is 6.10 Å². The topological polar surface area (TPSA) is 26.3 Å². The van der Waals surface area contributed by atoms with Crippen molar-refractivity contribution in [2.75, 3.05) is 0 Å². The average molecular weight is 138 g/mol. The van der Waals surface area contributed by atoms with Gasteiger partial charge in [0.25, 0.3) is 0 Å². The number of esters is 1. The summed E-state index contributed by atoms with van der Waals surface area (Å²) in [6.07, 6.45) is 2.75.